The van der Waals surface area contributed by atoms with Crippen LogP contribution in [-0.2, 0) is 18.0 Å². The van der Waals surface area contributed by atoms with Crippen LogP contribution in [0.4, 0.5) is 5.95 Å². The Hall–Kier alpha value is -3.88. The van der Waals surface area contributed by atoms with Gasteiger partial charge in [0.15, 0.2) is 0 Å². The van der Waals surface area contributed by atoms with E-state index in [0.29, 0.717) is 0 Å². The number of benzene rings is 2. The van der Waals surface area contributed by atoms with Crippen LogP contribution in [0.15, 0.2) is 48.5 Å². The zero-order valence-electron chi connectivity index (χ0n) is 17.9. The summed E-state index contributed by atoms with van der Waals surface area (Å²) in [5.74, 6) is 1.52. The summed E-state index contributed by atoms with van der Waals surface area (Å²) < 4.78 is 21.8. The number of anilines is 1. The second-order valence-corrected chi connectivity index (χ2v) is 7.26. The highest BCUT2D eigenvalue weighted by Gasteiger charge is 2.30. The predicted molar refractivity (Wildman–Crippen MR) is 116 cm³/mol. The van der Waals surface area contributed by atoms with Crippen LogP contribution >= 0.6 is 0 Å². The number of amides is 1. The zero-order chi connectivity index (χ0) is 22.3. The van der Waals surface area contributed by atoms with Crippen LogP contribution in [0.2, 0.25) is 0 Å². The third-order valence-corrected chi connectivity index (χ3v) is 4.83. The molecule has 32 heavy (non-hydrogen) atoms. The fourth-order valence-electron chi connectivity index (χ4n) is 2.82. The van der Waals surface area contributed by atoms with Gasteiger partial charge in [0.1, 0.15) is 24.7 Å². The Morgan fingerprint density at radius 1 is 0.812 bits per heavy atom. The Bertz CT molecular complexity index is 983. The molecule has 1 aromatic heterocycles. The van der Waals surface area contributed by atoms with Crippen LogP contribution in [-0.4, -0.2) is 35.1 Å². The average Bonchev–Trinajstić information content (AvgIpc) is 3.68. The van der Waals surface area contributed by atoms with Crippen LogP contribution < -0.4 is 24.3 Å². The van der Waals surface area contributed by atoms with Crippen molar-refractivity contribution in [3.8, 4) is 23.5 Å². The molecule has 2 aromatic carbocycles. The summed E-state index contributed by atoms with van der Waals surface area (Å²) in [7, 11) is 3.22. The van der Waals surface area contributed by atoms with Crippen molar-refractivity contribution in [1.82, 2.24) is 15.0 Å². The van der Waals surface area contributed by atoms with Gasteiger partial charge >= 0.3 is 12.0 Å². The van der Waals surface area contributed by atoms with Crippen molar-refractivity contribution >= 4 is 11.9 Å². The third kappa shape index (κ3) is 5.84. The molecule has 1 heterocycles. The molecule has 1 saturated carbocycles. The normalized spacial score (nSPS) is 12.7. The molecule has 0 spiro atoms. The van der Waals surface area contributed by atoms with Crippen LogP contribution in [0.25, 0.3) is 0 Å². The van der Waals surface area contributed by atoms with E-state index in [4.69, 9.17) is 18.9 Å². The molecule has 1 amide bonds. The minimum atomic E-state index is -0.113. The largest absolute Gasteiger partial charge is 0.497 e. The lowest BCUT2D eigenvalue weighted by Gasteiger charge is -2.10. The number of carbonyl (C=O) groups excluding carboxylic acids is 1. The summed E-state index contributed by atoms with van der Waals surface area (Å²) in [6.45, 7) is 0.476. The molecule has 9 heteroatoms. The number of aromatic nitrogens is 3. The molecule has 0 atom stereocenters. The lowest BCUT2D eigenvalue weighted by molar-refractivity contribution is -0.117. The van der Waals surface area contributed by atoms with Gasteiger partial charge in [0, 0.05) is 5.92 Å². The van der Waals surface area contributed by atoms with Gasteiger partial charge in [0.05, 0.1) is 14.2 Å². The SMILES string of the molecule is COc1ccc(COc2nc(NC(=O)C3CC3)nc(OCc3ccc(OC)cc3)n2)cc1. The van der Waals surface area contributed by atoms with E-state index in [2.05, 4.69) is 20.3 Å². The number of nitrogens with one attached hydrogen (secondary N) is 1. The molecule has 4 rings (SSSR count). The standard InChI is InChI=1S/C23H24N4O5/c1-29-18-9-3-15(4-10-18)13-31-22-25-21(24-20(28)17-7-8-17)26-23(27-22)32-14-16-5-11-19(30-2)12-6-16/h3-6,9-12,17H,7-8,13-14H2,1-2H3,(H,24,25,26,27,28). The van der Waals surface area contributed by atoms with Gasteiger partial charge in [-0.05, 0) is 48.2 Å². The van der Waals surface area contributed by atoms with Gasteiger partial charge in [-0.3, -0.25) is 10.1 Å². The van der Waals surface area contributed by atoms with Crippen molar-refractivity contribution < 1.29 is 23.7 Å². The van der Waals surface area contributed by atoms with E-state index < -0.39 is 0 Å². The second-order valence-electron chi connectivity index (χ2n) is 7.26. The van der Waals surface area contributed by atoms with Gasteiger partial charge in [-0.15, -0.1) is 4.98 Å². The molecule has 0 saturated heterocycles. The Labute approximate surface area is 185 Å². The Balaban J connectivity index is 1.46. The molecule has 3 aromatic rings. The Morgan fingerprint density at radius 3 is 1.69 bits per heavy atom. The molecule has 0 aliphatic heterocycles. The summed E-state index contributed by atoms with van der Waals surface area (Å²) >= 11 is 0. The molecule has 0 radical (unpaired) electrons. The van der Waals surface area contributed by atoms with E-state index in [1.807, 2.05) is 48.5 Å². The van der Waals surface area contributed by atoms with E-state index in [-0.39, 0.29) is 43.0 Å². The summed E-state index contributed by atoms with van der Waals surface area (Å²) in [5.41, 5.74) is 1.82. The van der Waals surface area contributed by atoms with Gasteiger partial charge in [-0.1, -0.05) is 24.3 Å². The highest BCUT2D eigenvalue weighted by Crippen LogP contribution is 2.30. The lowest BCUT2D eigenvalue weighted by Crippen LogP contribution is -2.17. The first-order chi connectivity index (χ1) is 15.6. The first-order valence-electron chi connectivity index (χ1n) is 10.2. The van der Waals surface area contributed by atoms with Gasteiger partial charge < -0.3 is 18.9 Å². The van der Waals surface area contributed by atoms with Crippen molar-refractivity contribution in [2.24, 2.45) is 5.92 Å². The van der Waals surface area contributed by atoms with Crippen molar-refractivity contribution in [2.75, 3.05) is 19.5 Å². The monoisotopic (exact) mass is 436 g/mol. The fourth-order valence-corrected chi connectivity index (χ4v) is 2.82. The van der Waals surface area contributed by atoms with Crippen molar-refractivity contribution in [1.29, 1.82) is 0 Å². The first-order valence-corrected chi connectivity index (χ1v) is 10.2. The topological polar surface area (TPSA) is 105 Å². The van der Waals surface area contributed by atoms with E-state index in [0.717, 1.165) is 35.5 Å². The van der Waals surface area contributed by atoms with Gasteiger partial charge in [-0.2, -0.15) is 9.97 Å². The number of hydrogen-bond donors (Lipinski definition) is 1. The molecule has 9 nitrogen and oxygen atoms in total. The van der Waals surface area contributed by atoms with Crippen molar-refractivity contribution in [3.63, 3.8) is 0 Å². The number of rotatable bonds is 10. The maximum atomic E-state index is 12.2. The van der Waals surface area contributed by atoms with Crippen molar-refractivity contribution in [3.05, 3.63) is 59.7 Å². The van der Waals surface area contributed by atoms with Crippen LogP contribution in [0.1, 0.15) is 24.0 Å². The minimum Gasteiger partial charge on any atom is -0.497 e. The molecule has 0 bridgehead atoms. The summed E-state index contributed by atoms with van der Waals surface area (Å²) in [6, 6.07) is 15.0. The quantitative estimate of drug-likeness (QED) is 0.516. The average molecular weight is 436 g/mol. The number of carbonyl (C=O) groups is 1. The molecule has 1 fully saturated rings. The second kappa shape index (κ2) is 9.95. The molecule has 1 N–H and O–H groups in total. The highest BCUT2D eigenvalue weighted by molar-refractivity contribution is 5.92. The molecule has 0 unspecified atom stereocenters. The zero-order valence-corrected chi connectivity index (χ0v) is 17.9. The van der Waals surface area contributed by atoms with Gasteiger partial charge in [0.25, 0.3) is 0 Å². The number of nitrogens with zero attached hydrogens (tertiary/aromatic N) is 3. The molecule has 1 aliphatic rings. The Morgan fingerprint density at radius 2 is 1.28 bits per heavy atom. The van der Waals surface area contributed by atoms with E-state index >= 15 is 0 Å². The fraction of sp³-hybridized carbons (Fsp3) is 0.304. The lowest BCUT2D eigenvalue weighted by atomic mass is 10.2. The predicted octanol–water partition coefficient (Wildman–Crippen LogP) is 3.40. The maximum absolute atomic E-state index is 12.2. The van der Waals surface area contributed by atoms with Crippen LogP contribution in [0.5, 0.6) is 23.5 Å². The van der Waals surface area contributed by atoms with Gasteiger partial charge in [-0.25, -0.2) is 0 Å². The smallest absolute Gasteiger partial charge is 0.324 e. The number of ether oxygens (including phenoxy) is 4. The van der Waals surface area contributed by atoms with E-state index in [1.165, 1.54) is 0 Å². The highest BCUT2D eigenvalue weighted by atomic mass is 16.5. The van der Waals surface area contributed by atoms with Crippen LogP contribution in [0, 0.1) is 5.92 Å². The van der Waals surface area contributed by atoms with Crippen LogP contribution in [0.3, 0.4) is 0 Å². The van der Waals surface area contributed by atoms with Crippen molar-refractivity contribution in [2.45, 2.75) is 26.1 Å². The molecule has 1 aliphatic carbocycles. The minimum absolute atomic E-state index is 0.0131. The molecular formula is C23H24N4O5. The number of hydrogen-bond acceptors (Lipinski definition) is 8. The molecular weight excluding hydrogens is 412 g/mol. The summed E-state index contributed by atoms with van der Waals surface area (Å²) in [6.07, 6.45) is 1.75. The number of methoxy groups -OCH3 is 2. The summed E-state index contributed by atoms with van der Waals surface area (Å²) in [5, 5.41) is 2.72. The maximum Gasteiger partial charge on any atom is 0.324 e. The third-order valence-electron chi connectivity index (χ3n) is 4.83. The van der Waals surface area contributed by atoms with E-state index in [1.54, 1.807) is 14.2 Å². The summed E-state index contributed by atoms with van der Waals surface area (Å²) in [4.78, 5) is 24.8. The first kappa shape index (κ1) is 21.4. The van der Waals surface area contributed by atoms with E-state index in [9.17, 15) is 4.79 Å². The van der Waals surface area contributed by atoms with Gasteiger partial charge in [0.2, 0.25) is 11.9 Å². The Kier molecular flexibility index (Phi) is 6.64. The molecule has 166 valence electrons.